The van der Waals surface area contributed by atoms with Crippen LogP contribution in [0.2, 0.25) is 0 Å². The van der Waals surface area contributed by atoms with Crippen molar-refractivity contribution in [3.05, 3.63) is 45.8 Å². The van der Waals surface area contributed by atoms with Crippen molar-refractivity contribution < 1.29 is 9.15 Å². The lowest BCUT2D eigenvalue weighted by Gasteiger charge is -2.09. The zero-order valence-electron chi connectivity index (χ0n) is 13.1. The minimum atomic E-state index is -0.516. The first-order chi connectivity index (χ1) is 11.1. The van der Waals surface area contributed by atoms with E-state index in [0.717, 1.165) is 17.4 Å². The third-order valence-corrected chi connectivity index (χ3v) is 3.45. The van der Waals surface area contributed by atoms with Crippen LogP contribution in [0.5, 0.6) is 5.75 Å². The van der Waals surface area contributed by atoms with Crippen molar-refractivity contribution in [2.24, 2.45) is 0 Å². The molecular weight excluding hydrogens is 296 g/mol. The number of fused-ring (bicyclic) bond motifs is 1. The lowest BCUT2D eigenvalue weighted by Crippen LogP contribution is -2.04. The first-order valence-electron chi connectivity index (χ1n) is 7.10. The molecule has 0 saturated heterocycles. The Bertz CT molecular complexity index is 922. The Morgan fingerprint density at radius 3 is 2.83 bits per heavy atom. The standard InChI is InChI=1S/C16H16N4O3/c1-9(2)4-5-10-6-11-7-12(15-17-19-20-18-15)16(21)23-14(11)8-13(10)22-3/h4,6-8H,5H2,1-3H3,(H,17,18,19,20). The minimum Gasteiger partial charge on any atom is -0.496 e. The number of hydrogen-bond acceptors (Lipinski definition) is 6. The molecule has 118 valence electrons. The lowest BCUT2D eigenvalue weighted by molar-refractivity contribution is 0.410. The van der Waals surface area contributed by atoms with Crippen molar-refractivity contribution in [2.45, 2.75) is 20.3 Å². The van der Waals surface area contributed by atoms with Gasteiger partial charge in [0.05, 0.1) is 7.11 Å². The third-order valence-electron chi connectivity index (χ3n) is 3.45. The number of ether oxygens (including phenoxy) is 1. The van der Waals surface area contributed by atoms with Crippen LogP contribution >= 0.6 is 0 Å². The van der Waals surface area contributed by atoms with Crippen LogP contribution in [0.15, 0.2) is 39.1 Å². The summed E-state index contributed by atoms with van der Waals surface area (Å²) in [6.07, 6.45) is 2.85. The number of tetrazole rings is 1. The van der Waals surface area contributed by atoms with E-state index in [1.165, 1.54) is 5.57 Å². The van der Waals surface area contributed by atoms with Gasteiger partial charge in [-0.25, -0.2) is 4.79 Å². The molecule has 3 aromatic rings. The van der Waals surface area contributed by atoms with Crippen molar-refractivity contribution in [3.8, 4) is 17.1 Å². The van der Waals surface area contributed by atoms with Crippen molar-refractivity contribution >= 4 is 11.0 Å². The second-order valence-electron chi connectivity index (χ2n) is 5.37. The van der Waals surface area contributed by atoms with E-state index in [2.05, 4.69) is 26.7 Å². The topological polar surface area (TPSA) is 93.9 Å². The highest BCUT2D eigenvalue weighted by Gasteiger charge is 2.14. The number of rotatable bonds is 4. The number of hydrogen-bond donors (Lipinski definition) is 1. The average molecular weight is 312 g/mol. The van der Waals surface area contributed by atoms with E-state index >= 15 is 0 Å². The summed E-state index contributed by atoms with van der Waals surface area (Å²) in [4.78, 5) is 12.1. The maximum atomic E-state index is 12.1. The molecule has 0 saturated carbocycles. The van der Waals surface area contributed by atoms with E-state index in [4.69, 9.17) is 9.15 Å². The Kier molecular flexibility index (Phi) is 3.92. The molecule has 7 heteroatoms. The van der Waals surface area contributed by atoms with Gasteiger partial charge in [0.25, 0.3) is 0 Å². The second-order valence-corrected chi connectivity index (χ2v) is 5.37. The first-order valence-corrected chi connectivity index (χ1v) is 7.10. The Hall–Kier alpha value is -2.96. The van der Waals surface area contributed by atoms with E-state index in [-0.39, 0.29) is 11.4 Å². The van der Waals surface area contributed by atoms with Gasteiger partial charge in [-0.05, 0) is 43.2 Å². The molecule has 0 atom stereocenters. The summed E-state index contributed by atoms with van der Waals surface area (Å²) >= 11 is 0. The summed E-state index contributed by atoms with van der Waals surface area (Å²) < 4.78 is 10.8. The maximum Gasteiger partial charge on any atom is 0.347 e. The van der Waals surface area contributed by atoms with Crippen LogP contribution in [0, 0.1) is 0 Å². The van der Waals surface area contributed by atoms with Crippen molar-refractivity contribution in [1.29, 1.82) is 0 Å². The third kappa shape index (κ3) is 2.98. The van der Waals surface area contributed by atoms with Crippen LogP contribution in [0.3, 0.4) is 0 Å². The fourth-order valence-electron chi connectivity index (χ4n) is 2.29. The Balaban J connectivity index is 2.17. The minimum absolute atomic E-state index is 0.210. The molecule has 0 unspecified atom stereocenters. The number of aromatic nitrogens is 4. The van der Waals surface area contributed by atoms with Gasteiger partial charge in [-0.15, -0.1) is 10.2 Å². The average Bonchev–Trinajstić information content (AvgIpc) is 3.05. The molecule has 0 fully saturated rings. The molecule has 0 aliphatic heterocycles. The van der Waals surface area contributed by atoms with Crippen LogP contribution in [0.25, 0.3) is 22.4 Å². The van der Waals surface area contributed by atoms with Gasteiger partial charge in [-0.1, -0.05) is 11.6 Å². The summed E-state index contributed by atoms with van der Waals surface area (Å²) in [5.41, 5.74) is 2.44. The fraction of sp³-hybridized carbons (Fsp3) is 0.250. The summed E-state index contributed by atoms with van der Waals surface area (Å²) in [6, 6.07) is 5.38. The molecule has 23 heavy (non-hydrogen) atoms. The highest BCUT2D eigenvalue weighted by molar-refractivity contribution is 5.83. The van der Waals surface area contributed by atoms with Gasteiger partial charge >= 0.3 is 5.63 Å². The van der Waals surface area contributed by atoms with Crippen molar-refractivity contribution in [1.82, 2.24) is 20.6 Å². The first kappa shape index (κ1) is 15.0. The van der Waals surface area contributed by atoms with Crippen LogP contribution in [0.4, 0.5) is 0 Å². The number of aromatic amines is 1. The molecule has 2 heterocycles. The predicted molar refractivity (Wildman–Crippen MR) is 85.3 cm³/mol. The smallest absolute Gasteiger partial charge is 0.347 e. The van der Waals surface area contributed by atoms with E-state index in [1.54, 1.807) is 19.2 Å². The molecular formula is C16H16N4O3. The molecule has 3 rings (SSSR count). The molecule has 7 nitrogen and oxygen atoms in total. The SMILES string of the molecule is COc1cc2oc(=O)c(-c3nn[nH]n3)cc2cc1CC=C(C)C. The van der Waals surface area contributed by atoms with Gasteiger partial charge in [-0.3, -0.25) is 0 Å². The zero-order chi connectivity index (χ0) is 16.4. The summed E-state index contributed by atoms with van der Waals surface area (Å²) in [6.45, 7) is 4.09. The van der Waals surface area contributed by atoms with Crippen LogP contribution < -0.4 is 10.4 Å². The lowest BCUT2D eigenvalue weighted by atomic mass is 10.0. The molecule has 0 bridgehead atoms. The summed E-state index contributed by atoms with van der Waals surface area (Å²) in [5, 5.41) is 14.2. The van der Waals surface area contributed by atoms with Gasteiger partial charge < -0.3 is 9.15 Å². The molecule has 0 aliphatic carbocycles. The number of H-pyrrole nitrogens is 1. The fourth-order valence-corrected chi connectivity index (χ4v) is 2.29. The molecule has 0 spiro atoms. The second kappa shape index (κ2) is 6.04. The van der Waals surface area contributed by atoms with E-state index < -0.39 is 5.63 Å². The van der Waals surface area contributed by atoms with E-state index in [1.807, 2.05) is 19.9 Å². The molecule has 1 N–H and O–H groups in total. The van der Waals surface area contributed by atoms with Crippen molar-refractivity contribution in [3.63, 3.8) is 0 Å². The molecule has 0 amide bonds. The number of allylic oxidation sites excluding steroid dienone is 2. The van der Waals surface area contributed by atoms with Gasteiger partial charge in [0.15, 0.2) is 0 Å². The largest absolute Gasteiger partial charge is 0.496 e. The van der Waals surface area contributed by atoms with E-state index in [9.17, 15) is 4.79 Å². The zero-order valence-corrected chi connectivity index (χ0v) is 13.1. The Morgan fingerprint density at radius 1 is 1.35 bits per heavy atom. The number of nitrogens with one attached hydrogen (secondary N) is 1. The maximum absolute atomic E-state index is 12.1. The normalized spacial score (nSPS) is 10.7. The van der Waals surface area contributed by atoms with Crippen molar-refractivity contribution in [2.75, 3.05) is 7.11 Å². The summed E-state index contributed by atoms with van der Waals surface area (Å²) in [7, 11) is 1.60. The van der Waals surface area contributed by atoms with Crippen LogP contribution in [0.1, 0.15) is 19.4 Å². The van der Waals surface area contributed by atoms with Gasteiger partial charge in [0.2, 0.25) is 5.82 Å². The van der Waals surface area contributed by atoms with Crippen LogP contribution in [-0.2, 0) is 6.42 Å². The van der Waals surface area contributed by atoms with Gasteiger partial charge in [0.1, 0.15) is 16.9 Å². The molecule has 2 aromatic heterocycles. The Labute approximate surface area is 132 Å². The molecule has 0 radical (unpaired) electrons. The quantitative estimate of drug-likeness (QED) is 0.587. The monoisotopic (exact) mass is 312 g/mol. The van der Waals surface area contributed by atoms with Gasteiger partial charge in [-0.2, -0.15) is 5.21 Å². The molecule has 0 aliphatic rings. The van der Waals surface area contributed by atoms with Crippen LogP contribution in [-0.4, -0.2) is 27.7 Å². The molecule has 1 aromatic carbocycles. The number of benzene rings is 1. The Morgan fingerprint density at radius 2 is 2.17 bits per heavy atom. The highest BCUT2D eigenvalue weighted by Crippen LogP contribution is 2.27. The predicted octanol–water partition coefficient (Wildman–Crippen LogP) is 2.49. The number of methoxy groups -OCH3 is 1. The summed E-state index contributed by atoms with van der Waals surface area (Å²) in [5.74, 6) is 0.896. The van der Waals surface area contributed by atoms with E-state index in [0.29, 0.717) is 11.3 Å². The number of nitrogens with zero attached hydrogens (tertiary/aromatic N) is 3. The highest BCUT2D eigenvalue weighted by atomic mass is 16.5. The van der Waals surface area contributed by atoms with Gasteiger partial charge in [0, 0.05) is 11.5 Å².